The second kappa shape index (κ2) is 10.8. The zero-order valence-corrected chi connectivity index (χ0v) is 18.5. The van der Waals surface area contributed by atoms with E-state index < -0.39 is 11.4 Å². The minimum atomic E-state index is -0.587. The zero-order valence-electron chi connectivity index (χ0n) is 18.5. The van der Waals surface area contributed by atoms with Crippen LogP contribution in [0.2, 0.25) is 0 Å². The molecule has 0 aliphatic heterocycles. The third-order valence-electron chi connectivity index (χ3n) is 4.37. The number of nitrogens with two attached hydrogens (primary N) is 1. The molecule has 0 unspecified atom stereocenters. The number of nitrogens with zero attached hydrogens (tertiary/aromatic N) is 6. The maximum absolute atomic E-state index is 13.7. The van der Waals surface area contributed by atoms with Gasteiger partial charge in [-0.3, -0.25) is 9.78 Å². The third-order valence-corrected chi connectivity index (χ3v) is 4.37. The predicted molar refractivity (Wildman–Crippen MR) is 126 cm³/mol. The molecule has 1 aromatic carbocycles. The van der Waals surface area contributed by atoms with Gasteiger partial charge in [0.15, 0.2) is 11.5 Å². The van der Waals surface area contributed by atoms with Crippen LogP contribution in [0, 0.1) is 5.82 Å². The van der Waals surface area contributed by atoms with Gasteiger partial charge < -0.3 is 20.6 Å². The lowest BCUT2D eigenvalue weighted by atomic mass is 10.2. The Hall–Kier alpha value is -4.41. The molecular formula is C22H24FN9O. The largest absolute Gasteiger partial charge is 0.397 e. The smallest absolute Gasteiger partial charge is 0.261 e. The van der Waals surface area contributed by atoms with E-state index in [4.69, 9.17) is 5.73 Å². The maximum Gasteiger partial charge on any atom is 0.261 e. The van der Waals surface area contributed by atoms with E-state index in [9.17, 15) is 9.18 Å². The van der Waals surface area contributed by atoms with Gasteiger partial charge in [0.05, 0.1) is 24.1 Å². The van der Waals surface area contributed by atoms with Crippen molar-refractivity contribution in [3.63, 3.8) is 0 Å². The number of pyridine rings is 1. The molecule has 5 aromatic rings. The van der Waals surface area contributed by atoms with Crippen LogP contribution in [-0.4, -0.2) is 41.9 Å². The number of anilines is 2. The van der Waals surface area contributed by atoms with E-state index in [1.807, 2.05) is 13.8 Å². The van der Waals surface area contributed by atoms with Gasteiger partial charge in [-0.25, -0.2) is 24.3 Å². The molecule has 11 heteroatoms. The Labute approximate surface area is 188 Å². The van der Waals surface area contributed by atoms with Crippen molar-refractivity contribution < 1.29 is 4.39 Å². The monoisotopic (exact) mass is 449 g/mol. The van der Waals surface area contributed by atoms with Gasteiger partial charge in [-0.2, -0.15) is 0 Å². The second-order valence-corrected chi connectivity index (χ2v) is 6.59. The maximum atomic E-state index is 13.7. The Morgan fingerprint density at radius 1 is 1.12 bits per heavy atom. The second-order valence-electron chi connectivity index (χ2n) is 6.59. The molecule has 0 amide bonds. The molecule has 0 saturated carbocycles. The van der Waals surface area contributed by atoms with Crippen molar-refractivity contribution in [3.8, 4) is 0 Å². The number of imidazole rings is 1. The highest BCUT2D eigenvalue weighted by molar-refractivity contribution is 5.82. The fourth-order valence-corrected chi connectivity index (χ4v) is 2.99. The average molecular weight is 449 g/mol. The first-order valence-electron chi connectivity index (χ1n) is 10.2. The molecule has 0 saturated heterocycles. The molecule has 4 aromatic heterocycles. The highest BCUT2D eigenvalue weighted by atomic mass is 19.1. The summed E-state index contributed by atoms with van der Waals surface area (Å²) in [6.07, 6.45) is 6.26. The molecule has 10 nitrogen and oxygen atoms in total. The topological polar surface area (TPSA) is 142 Å². The Morgan fingerprint density at radius 2 is 1.94 bits per heavy atom. The van der Waals surface area contributed by atoms with Crippen molar-refractivity contribution in [1.29, 1.82) is 0 Å². The summed E-state index contributed by atoms with van der Waals surface area (Å²) in [4.78, 5) is 40.0. The van der Waals surface area contributed by atoms with Crippen LogP contribution in [0.25, 0.3) is 22.1 Å². The van der Waals surface area contributed by atoms with Crippen LogP contribution in [0.5, 0.6) is 0 Å². The lowest BCUT2D eigenvalue weighted by Crippen LogP contribution is -2.23. The summed E-state index contributed by atoms with van der Waals surface area (Å²) < 4.78 is 13.7. The molecule has 0 fully saturated rings. The molecule has 4 N–H and O–H groups in total. The number of hydrogen-bond acceptors (Lipinski definition) is 8. The number of H-pyrrole nitrogens is 2. The van der Waals surface area contributed by atoms with Crippen molar-refractivity contribution in [3.05, 3.63) is 77.4 Å². The van der Waals surface area contributed by atoms with Gasteiger partial charge in [-0.15, -0.1) is 0 Å². The SMILES string of the molecule is CC.CN(Cc1nc2cccc(F)c2c(=O)[nH]1)c1ncnc2nc[nH]c12.Nc1cccnc1. The van der Waals surface area contributed by atoms with Gasteiger partial charge in [-0.1, -0.05) is 19.9 Å². The number of aromatic nitrogens is 7. The molecule has 0 spiro atoms. The fraction of sp³-hybridized carbons (Fsp3) is 0.182. The van der Waals surface area contributed by atoms with E-state index >= 15 is 0 Å². The van der Waals surface area contributed by atoms with E-state index in [-0.39, 0.29) is 11.9 Å². The van der Waals surface area contributed by atoms with E-state index in [0.717, 1.165) is 0 Å². The highest BCUT2D eigenvalue weighted by Gasteiger charge is 2.14. The average Bonchev–Trinajstić information content (AvgIpc) is 3.30. The normalized spacial score (nSPS) is 10.2. The number of nitrogen functional groups attached to an aromatic ring is 1. The van der Waals surface area contributed by atoms with Crippen LogP contribution in [0.3, 0.4) is 0 Å². The number of halogens is 1. The summed E-state index contributed by atoms with van der Waals surface area (Å²) in [6.45, 7) is 4.28. The molecule has 5 rings (SSSR count). The third kappa shape index (κ3) is 5.45. The molecule has 170 valence electrons. The predicted octanol–water partition coefficient (Wildman–Crippen LogP) is 3.05. The van der Waals surface area contributed by atoms with Crippen LogP contribution in [0.4, 0.5) is 15.9 Å². The molecule has 33 heavy (non-hydrogen) atoms. The van der Waals surface area contributed by atoms with Gasteiger partial charge in [0.1, 0.15) is 28.9 Å². The molecule has 0 aliphatic carbocycles. The minimum Gasteiger partial charge on any atom is -0.397 e. The lowest BCUT2D eigenvalue weighted by molar-refractivity contribution is 0.637. The van der Waals surface area contributed by atoms with Gasteiger partial charge >= 0.3 is 0 Å². The Balaban J connectivity index is 0.000000289. The summed E-state index contributed by atoms with van der Waals surface area (Å²) in [5.41, 5.74) is 7.06. The van der Waals surface area contributed by atoms with Crippen LogP contribution in [0.15, 0.2) is 60.2 Å². The quantitative estimate of drug-likeness (QED) is 0.381. The van der Waals surface area contributed by atoms with Crippen LogP contribution < -0.4 is 16.2 Å². The summed E-state index contributed by atoms with van der Waals surface area (Å²) >= 11 is 0. The Morgan fingerprint density at radius 3 is 2.64 bits per heavy atom. The van der Waals surface area contributed by atoms with E-state index in [1.54, 1.807) is 42.5 Å². The van der Waals surface area contributed by atoms with Gasteiger partial charge in [0.2, 0.25) is 0 Å². The summed E-state index contributed by atoms with van der Waals surface area (Å²) in [5, 5.41) is -0.0399. The van der Waals surface area contributed by atoms with Gasteiger partial charge in [0, 0.05) is 19.4 Å². The molecule has 4 heterocycles. The number of hydrogen-bond donors (Lipinski definition) is 3. The highest BCUT2D eigenvalue weighted by Crippen LogP contribution is 2.19. The van der Waals surface area contributed by atoms with E-state index in [2.05, 4.69) is 34.9 Å². The van der Waals surface area contributed by atoms with E-state index in [0.29, 0.717) is 34.0 Å². The molecule has 0 bridgehead atoms. The number of fused-ring (bicyclic) bond motifs is 2. The summed E-state index contributed by atoms with van der Waals surface area (Å²) in [5.74, 6) is 0.447. The first-order chi connectivity index (χ1) is 16.0. The first-order valence-corrected chi connectivity index (χ1v) is 10.2. The van der Waals surface area contributed by atoms with Crippen molar-refractivity contribution >= 4 is 33.6 Å². The standard InChI is InChI=1S/C15H12FN7O.C5H6N2.C2H6/c1-23(14-12-13(18-6-17-12)19-7-20-14)5-10-21-9-4-2-3-8(16)11(9)15(24)22-10;6-5-2-1-3-7-4-5;1-2/h2-4,6-7H,5H2,1H3,(H,21,22,24)(H,17,18,19,20);1-4H,6H2;1-2H3. The number of benzene rings is 1. The lowest BCUT2D eigenvalue weighted by Gasteiger charge is -2.17. The van der Waals surface area contributed by atoms with Crippen molar-refractivity contribution in [2.45, 2.75) is 20.4 Å². The van der Waals surface area contributed by atoms with Crippen molar-refractivity contribution in [2.24, 2.45) is 0 Å². The molecular weight excluding hydrogens is 425 g/mol. The van der Waals surface area contributed by atoms with Crippen LogP contribution in [0.1, 0.15) is 19.7 Å². The van der Waals surface area contributed by atoms with Gasteiger partial charge in [0.25, 0.3) is 5.56 Å². The zero-order chi connectivity index (χ0) is 23.8. The number of nitrogens with one attached hydrogen (secondary N) is 2. The van der Waals surface area contributed by atoms with Crippen molar-refractivity contribution in [2.75, 3.05) is 17.7 Å². The molecule has 0 atom stereocenters. The fourth-order valence-electron chi connectivity index (χ4n) is 2.99. The van der Waals surface area contributed by atoms with Crippen LogP contribution in [-0.2, 0) is 6.54 Å². The minimum absolute atomic E-state index is 0.0399. The van der Waals surface area contributed by atoms with Crippen molar-refractivity contribution in [1.82, 2.24) is 34.9 Å². The summed E-state index contributed by atoms with van der Waals surface area (Å²) in [7, 11) is 1.80. The van der Waals surface area contributed by atoms with Gasteiger partial charge in [-0.05, 0) is 24.3 Å². The number of rotatable bonds is 3. The molecule has 0 radical (unpaired) electrons. The molecule has 0 aliphatic rings. The van der Waals surface area contributed by atoms with Crippen LogP contribution >= 0.6 is 0 Å². The van der Waals surface area contributed by atoms with E-state index in [1.165, 1.54) is 24.8 Å². The summed E-state index contributed by atoms with van der Waals surface area (Å²) in [6, 6.07) is 7.97. The Bertz CT molecular complexity index is 1390. The Kier molecular flexibility index (Phi) is 7.58. The number of aromatic amines is 2. The first kappa shape index (κ1) is 23.3.